The lowest BCUT2D eigenvalue weighted by Crippen LogP contribution is -2.33. The molecule has 36 heavy (non-hydrogen) atoms. The lowest BCUT2D eigenvalue weighted by atomic mass is 10.0. The minimum Gasteiger partial charge on any atom is -0.465 e. The first-order valence-electron chi connectivity index (χ1n) is 11.1. The van der Waals surface area contributed by atoms with Gasteiger partial charge in [-0.15, -0.1) is 11.3 Å². The van der Waals surface area contributed by atoms with Crippen molar-refractivity contribution in [3.8, 4) is 0 Å². The number of para-hydroxylation sites is 1. The number of nitrogens with zero attached hydrogens (tertiary/aromatic N) is 1. The van der Waals surface area contributed by atoms with E-state index < -0.39 is 21.9 Å². The van der Waals surface area contributed by atoms with Gasteiger partial charge in [0.05, 0.1) is 35.4 Å². The van der Waals surface area contributed by atoms with E-state index in [1.165, 1.54) is 49.6 Å². The van der Waals surface area contributed by atoms with Gasteiger partial charge in [-0.05, 0) is 43.2 Å². The summed E-state index contributed by atoms with van der Waals surface area (Å²) in [4.78, 5) is 40.3. The molecule has 0 saturated carbocycles. The van der Waals surface area contributed by atoms with Crippen LogP contribution in [0.2, 0.25) is 0 Å². The zero-order chi connectivity index (χ0) is 26.0. The number of amides is 2. The van der Waals surface area contributed by atoms with Gasteiger partial charge in [0.2, 0.25) is 5.91 Å². The molecular formula is C25H25N3O6S2. The molecule has 3 aromatic rings. The number of methoxy groups -OCH3 is 1. The number of fused-ring (bicyclic) bond motifs is 1. The highest BCUT2D eigenvalue weighted by Gasteiger charge is 2.30. The third kappa shape index (κ3) is 5.12. The van der Waals surface area contributed by atoms with Crippen LogP contribution in [0.4, 0.5) is 10.7 Å². The smallest absolute Gasteiger partial charge is 0.341 e. The summed E-state index contributed by atoms with van der Waals surface area (Å²) in [6.45, 7) is 4.13. The lowest BCUT2D eigenvalue weighted by Gasteiger charge is -2.25. The molecular weight excluding hydrogens is 502 g/mol. The van der Waals surface area contributed by atoms with E-state index in [9.17, 15) is 22.8 Å². The quantitative estimate of drug-likeness (QED) is 0.470. The summed E-state index contributed by atoms with van der Waals surface area (Å²) in [5.74, 6) is -1.26. The molecule has 0 saturated heterocycles. The Morgan fingerprint density at radius 1 is 1.06 bits per heavy atom. The van der Waals surface area contributed by atoms with Gasteiger partial charge in [0.1, 0.15) is 5.00 Å². The zero-order valence-electron chi connectivity index (χ0n) is 20.0. The predicted molar refractivity (Wildman–Crippen MR) is 137 cm³/mol. The van der Waals surface area contributed by atoms with Crippen molar-refractivity contribution in [1.82, 2.24) is 4.90 Å². The van der Waals surface area contributed by atoms with E-state index in [-0.39, 0.29) is 27.6 Å². The second-order valence-corrected chi connectivity index (χ2v) is 11.1. The highest BCUT2D eigenvalue weighted by Crippen LogP contribution is 2.38. The number of nitrogens with one attached hydrogen (secondary N) is 2. The molecule has 1 aliphatic rings. The molecule has 2 heterocycles. The zero-order valence-corrected chi connectivity index (χ0v) is 21.6. The second kappa shape index (κ2) is 10.1. The maximum absolute atomic E-state index is 13.3. The molecule has 2 aromatic carbocycles. The minimum absolute atomic E-state index is 0.0669. The fourth-order valence-corrected chi connectivity index (χ4v) is 6.27. The number of esters is 1. The summed E-state index contributed by atoms with van der Waals surface area (Å²) in [5, 5.41) is 3.05. The summed E-state index contributed by atoms with van der Waals surface area (Å²) in [7, 11) is -2.68. The molecule has 0 atom stereocenters. The van der Waals surface area contributed by atoms with Gasteiger partial charge in [-0.3, -0.25) is 14.3 Å². The molecule has 1 aliphatic heterocycles. The number of thiophene rings is 1. The number of benzene rings is 2. The highest BCUT2D eigenvalue weighted by molar-refractivity contribution is 7.92. The van der Waals surface area contributed by atoms with Crippen LogP contribution in [0.1, 0.15) is 43.6 Å². The van der Waals surface area contributed by atoms with E-state index in [0.717, 1.165) is 16.0 Å². The van der Waals surface area contributed by atoms with Crippen LogP contribution < -0.4 is 10.0 Å². The van der Waals surface area contributed by atoms with Crippen LogP contribution in [0.5, 0.6) is 0 Å². The van der Waals surface area contributed by atoms with Gasteiger partial charge in [-0.1, -0.05) is 29.8 Å². The third-order valence-electron chi connectivity index (χ3n) is 5.87. The van der Waals surface area contributed by atoms with Crippen LogP contribution in [0, 0.1) is 6.92 Å². The lowest BCUT2D eigenvalue weighted by molar-refractivity contribution is -0.129. The topological polar surface area (TPSA) is 122 Å². The van der Waals surface area contributed by atoms with Crippen molar-refractivity contribution in [2.45, 2.75) is 31.7 Å². The van der Waals surface area contributed by atoms with Crippen LogP contribution in [0.3, 0.4) is 0 Å². The second-order valence-electron chi connectivity index (χ2n) is 8.31. The predicted octanol–water partition coefficient (Wildman–Crippen LogP) is 3.80. The molecule has 1 aromatic heterocycles. The fourth-order valence-electron chi connectivity index (χ4n) is 3.94. The van der Waals surface area contributed by atoms with Gasteiger partial charge >= 0.3 is 5.97 Å². The molecule has 0 unspecified atom stereocenters. The first-order valence-corrected chi connectivity index (χ1v) is 13.4. The number of carbonyl (C=O) groups is 3. The van der Waals surface area contributed by atoms with Crippen LogP contribution >= 0.6 is 11.3 Å². The summed E-state index contributed by atoms with van der Waals surface area (Å²) in [6.07, 6.45) is 0.457. The third-order valence-corrected chi connectivity index (χ3v) is 8.38. The molecule has 4 rings (SSSR count). The first-order chi connectivity index (χ1) is 17.1. The molecule has 0 spiro atoms. The molecule has 0 bridgehead atoms. The van der Waals surface area contributed by atoms with Gasteiger partial charge in [0, 0.05) is 18.3 Å². The number of hydrogen-bond donors (Lipinski definition) is 2. The monoisotopic (exact) mass is 527 g/mol. The Kier molecular flexibility index (Phi) is 7.14. The molecule has 0 radical (unpaired) electrons. The average Bonchev–Trinajstić information content (AvgIpc) is 3.20. The summed E-state index contributed by atoms with van der Waals surface area (Å²) >= 11 is 1.20. The van der Waals surface area contributed by atoms with E-state index in [0.29, 0.717) is 24.5 Å². The van der Waals surface area contributed by atoms with Crippen LogP contribution in [-0.4, -0.2) is 44.8 Å². The first kappa shape index (κ1) is 25.4. The van der Waals surface area contributed by atoms with Gasteiger partial charge < -0.3 is 15.0 Å². The molecule has 0 fully saturated rings. The van der Waals surface area contributed by atoms with Crippen molar-refractivity contribution in [3.63, 3.8) is 0 Å². The number of carbonyl (C=O) groups excluding carboxylic acids is 3. The van der Waals surface area contributed by atoms with Gasteiger partial charge in [0.15, 0.2) is 0 Å². The van der Waals surface area contributed by atoms with Gasteiger partial charge in [-0.2, -0.15) is 0 Å². The summed E-state index contributed by atoms with van der Waals surface area (Å²) < 4.78 is 33.3. The Labute approximate surface area is 213 Å². The van der Waals surface area contributed by atoms with Crippen molar-refractivity contribution in [2.24, 2.45) is 0 Å². The summed E-state index contributed by atoms with van der Waals surface area (Å²) in [6, 6.07) is 12.6. The number of rotatable bonds is 6. The summed E-state index contributed by atoms with van der Waals surface area (Å²) in [5.41, 5.74) is 2.10. The largest absolute Gasteiger partial charge is 0.465 e. The maximum atomic E-state index is 13.3. The van der Waals surface area contributed by atoms with E-state index >= 15 is 0 Å². The molecule has 2 amide bonds. The molecule has 11 heteroatoms. The average molecular weight is 528 g/mol. The molecule has 188 valence electrons. The molecule has 2 N–H and O–H groups in total. The van der Waals surface area contributed by atoms with Crippen molar-refractivity contribution in [3.05, 3.63) is 75.7 Å². The van der Waals surface area contributed by atoms with Gasteiger partial charge in [-0.25, -0.2) is 13.2 Å². The van der Waals surface area contributed by atoms with Crippen LogP contribution in [-0.2, 0) is 32.5 Å². The number of anilines is 2. The van der Waals surface area contributed by atoms with Crippen LogP contribution in [0.25, 0.3) is 0 Å². The number of hydrogen-bond acceptors (Lipinski definition) is 7. The van der Waals surface area contributed by atoms with E-state index in [1.54, 1.807) is 29.2 Å². The Hall–Kier alpha value is -3.70. The van der Waals surface area contributed by atoms with Crippen molar-refractivity contribution in [2.75, 3.05) is 23.7 Å². The van der Waals surface area contributed by atoms with Crippen LogP contribution in [0.15, 0.2) is 53.4 Å². The number of sulfonamides is 1. The molecule has 9 nitrogen and oxygen atoms in total. The normalized spacial score (nSPS) is 13.0. The van der Waals surface area contributed by atoms with E-state index in [1.807, 2.05) is 6.92 Å². The van der Waals surface area contributed by atoms with Crippen molar-refractivity contribution in [1.29, 1.82) is 0 Å². The Morgan fingerprint density at radius 3 is 2.42 bits per heavy atom. The Balaban J connectivity index is 1.65. The fraction of sp³-hybridized carbons (Fsp3) is 0.240. The van der Waals surface area contributed by atoms with Crippen molar-refractivity contribution >= 4 is 49.8 Å². The van der Waals surface area contributed by atoms with E-state index in [2.05, 4.69) is 10.0 Å². The van der Waals surface area contributed by atoms with Gasteiger partial charge in [0.25, 0.3) is 15.9 Å². The van der Waals surface area contributed by atoms with E-state index in [4.69, 9.17) is 4.74 Å². The maximum Gasteiger partial charge on any atom is 0.341 e. The number of ether oxygens (including phenoxy) is 1. The highest BCUT2D eigenvalue weighted by atomic mass is 32.2. The Bertz CT molecular complexity index is 1440. The molecule has 0 aliphatic carbocycles. The Morgan fingerprint density at radius 2 is 1.75 bits per heavy atom. The number of aryl methyl sites for hydroxylation is 1. The van der Waals surface area contributed by atoms with Crippen molar-refractivity contribution < 1.29 is 27.5 Å². The standard InChI is InChI=1S/C25H25N3O6S2/c1-15-8-10-17(11-9-15)36(32,33)27-20-7-5-4-6-18(20)23(30)26-24-22(25(31)34-3)19-12-13-28(16(2)29)14-21(19)35-24/h4-11,27H,12-14H2,1-3H3,(H,26,30). The SMILES string of the molecule is COC(=O)c1c(NC(=O)c2ccccc2NS(=O)(=O)c2ccc(C)cc2)sc2c1CCN(C(C)=O)C2. The minimum atomic E-state index is -3.94.